The molecule has 1 atom stereocenters. The zero-order valence-electron chi connectivity index (χ0n) is 12.3. The molecule has 0 aromatic heterocycles. The van der Waals surface area contributed by atoms with Crippen molar-refractivity contribution in [1.82, 2.24) is 4.31 Å². The van der Waals surface area contributed by atoms with Crippen LogP contribution in [0.5, 0.6) is 5.75 Å². The number of carbonyl (C=O) groups is 1. The number of hydrogen-bond donors (Lipinski definition) is 1. The van der Waals surface area contributed by atoms with Crippen molar-refractivity contribution in [3.63, 3.8) is 0 Å². The Morgan fingerprint density at radius 2 is 2.13 bits per heavy atom. The van der Waals surface area contributed by atoms with Crippen molar-refractivity contribution in [3.8, 4) is 5.75 Å². The van der Waals surface area contributed by atoms with Crippen LogP contribution >= 0.6 is 0 Å². The lowest BCUT2D eigenvalue weighted by molar-refractivity contribution is -0.386. The molecule has 0 bridgehead atoms. The molecule has 0 unspecified atom stereocenters. The van der Waals surface area contributed by atoms with Crippen LogP contribution in [-0.4, -0.2) is 48.4 Å². The van der Waals surface area contributed by atoms with Crippen LogP contribution in [0.3, 0.4) is 0 Å². The molecule has 0 radical (unpaired) electrons. The number of ether oxygens (including phenoxy) is 1. The number of benzene rings is 1. The first-order valence-corrected chi connectivity index (χ1v) is 8.30. The number of piperidine rings is 1. The number of aliphatic carboxylic acids is 1. The molecule has 10 heteroatoms. The van der Waals surface area contributed by atoms with Gasteiger partial charge in [0.2, 0.25) is 10.0 Å². The van der Waals surface area contributed by atoms with E-state index in [9.17, 15) is 28.4 Å². The quantitative estimate of drug-likeness (QED) is 0.628. The molecule has 1 fully saturated rings. The fourth-order valence-corrected chi connectivity index (χ4v) is 4.22. The molecular formula is C13H16N2O7S. The fourth-order valence-electron chi connectivity index (χ4n) is 2.55. The van der Waals surface area contributed by atoms with Gasteiger partial charge in [-0.3, -0.25) is 14.9 Å². The van der Waals surface area contributed by atoms with E-state index in [1.165, 1.54) is 19.2 Å². The maximum atomic E-state index is 12.7. The van der Waals surface area contributed by atoms with Crippen LogP contribution in [0.2, 0.25) is 0 Å². The molecule has 1 aromatic rings. The van der Waals surface area contributed by atoms with Crippen LogP contribution in [0, 0.1) is 10.1 Å². The molecule has 0 aliphatic carbocycles. The van der Waals surface area contributed by atoms with E-state index in [0.29, 0.717) is 12.8 Å². The number of carboxylic acids is 1. The Balaban J connectivity index is 2.48. The largest absolute Gasteiger partial charge is 0.490 e. The van der Waals surface area contributed by atoms with Crippen molar-refractivity contribution < 1.29 is 28.0 Å². The smallest absolute Gasteiger partial charge is 0.322 e. The van der Waals surface area contributed by atoms with Gasteiger partial charge in [-0.1, -0.05) is 0 Å². The topological polar surface area (TPSA) is 127 Å². The summed E-state index contributed by atoms with van der Waals surface area (Å²) in [5.74, 6) is -1.29. The molecule has 9 nitrogen and oxygen atoms in total. The summed E-state index contributed by atoms with van der Waals surface area (Å²) in [6.45, 7) is 0.0686. The molecule has 1 saturated heterocycles. The summed E-state index contributed by atoms with van der Waals surface area (Å²) in [7, 11) is -2.91. The lowest BCUT2D eigenvalue weighted by Crippen LogP contribution is -2.47. The zero-order valence-corrected chi connectivity index (χ0v) is 13.2. The number of methoxy groups -OCH3 is 1. The van der Waals surface area contributed by atoms with Gasteiger partial charge in [0.1, 0.15) is 6.04 Å². The van der Waals surface area contributed by atoms with E-state index in [1.807, 2.05) is 0 Å². The minimum absolute atomic E-state index is 0.0672. The van der Waals surface area contributed by atoms with Crippen molar-refractivity contribution in [2.75, 3.05) is 13.7 Å². The summed E-state index contributed by atoms with van der Waals surface area (Å²) < 4.78 is 31.1. The Kier molecular flexibility index (Phi) is 4.85. The summed E-state index contributed by atoms with van der Waals surface area (Å²) in [5, 5.41) is 20.2. The number of hydrogen-bond acceptors (Lipinski definition) is 6. The van der Waals surface area contributed by atoms with Crippen LogP contribution in [0.4, 0.5) is 5.69 Å². The minimum Gasteiger partial charge on any atom is -0.490 e. The van der Waals surface area contributed by atoms with Crippen LogP contribution < -0.4 is 4.74 Å². The average Bonchev–Trinajstić information content (AvgIpc) is 2.54. The van der Waals surface area contributed by atoms with Gasteiger partial charge in [0.15, 0.2) is 5.75 Å². The predicted molar refractivity (Wildman–Crippen MR) is 78.8 cm³/mol. The van der Waals surface area contributed by atoms with Crippen LogP contribution in [0.15, 0.2) is 23.1 Å². The second-order valence-electron chi connectivity index (χ2n) is 5.06. The SMILES string of the molecule is COc1ccc(S(=O)(=O)N2CCCC[C@H]2C(=O)O)cc1[N+](=O)[O-]. The lowest BCUT2D eigenvalue weighted by atomic mass is 10.1. The van der Waals surface area contributed by atoms with E-state index in [2.05, 4.69) is 0 Å². The summed E-state index contributed by atoms with van der Waals surface area (Å²) >= 11 is 0. The maximum absolute atomic E-state index is 12.7. The van der Waals surface area contributed by atoms with Gasteiger partial charge in [0.25, 0.3) is 0 Å². The third-order valence-electron chi connectivity index (χ3n) is 3.69. The van der Waals surface area contributed by atoms with Crippen molar-refractivity contribution in [2.45, 2.75) is 30.2 Å². The molecular weight excluding hydrogens is 328 g/mol. The Bertz CT molecular complexity index is 732. The van der Waals surface area contributed by atoms with Crippen molar-refractivity contribution in [2.24, 2.45) is 0 Å². The van der Waals surface area contributed by atoms with Gasteiger partial charge >= 0.3 is 11.7 Å². The molecule has 0 amide bonds. The Morgan fingerprint density at radius 1 is 1.43 bits per heavy atom. The summed E-state index contributed by atoms with van der Waals surface area (Å²) in [4.78, 5) is 21.2. The molecule has 0 spiro atoms. The number of nitro groups is 1. The molecule has 1 aliphatic rings. The number of nitro benzene ring substituents is 1. The lowest BCUT2D eigenvalue weighted by Gasteiger charge is -2.31. The highest BCUT2D eigenvalue weighted by molar-refractivity contribution is 7.89. The first-order valence-electron chi connectivity index (χ1n) is 6.86. The zero-order chi connectivity index (χ0) is 17.2. The molecule has 23 heavy (non-hydrogen) atoms. The number of sulfonamides is 1. The normalized spacial score (nSPS) is 19.3. The average molecular weight is 344 g/mol. The Morgan fingerprint density at radius 3 is 2.70 bits per heavy atom. The maximum Gasteiger partial charge on any atom is 0.322 e. The highest BCUT2D eigenvalue weighted by atomic mass is 32.2. The third-order valence-corrected chi connectivity index (χ3v) is 5.60. The predicted octanol–water partition coefficient (Wildman–Crippen LogP) is 1.23. The summed E-state index contributed by atoms with van der Waals surface area (Å²) in [6, 6.07) is 2.09. The van der Waals surface area contributed by atoms with E-state index in [-0.39, 0.29) is 23.6 Å². The first-order chi connectivity index (χ1) is 10.8. The first kappa shape index (κ1) is 17.2. The summed E-state index contributed by atoms with van der Waals surface area (Å²) in [5.41, 5.74) is -0.488. The highest BCUT2D eigenvalue weighted by Crippen LogP contribution is 2.32. The molecule has 1 aliphatic heterocycles. The van der Waals surface area contributed by atoms with Gasteiger partial charge in [0, 0.05) is 12.6 Å². The fraction of sp³-hybridized carbons (Fsp3) is 0.462. The van der Waals surface area contributed by atoms with Gasteiger partial charge in [-0.25, -0.2) is 8.42 Å². The van der Waals surface area contributed by atoms with Crippen LogP contribution in [-0.2, 0) is 14.8 Å². The summed E-state index contributed by atoms with van der Waals surface area (Å²) in [6.07, 6.45) is 1.37. The monoisotopic (exact) mass is 344 g/mol. The second-order valence-corrected chi connectivity index (χ2v) is 6.95. The van der Waals surface area contributed by atoms with E-state index >= 15 is 0 Å². The Hall–Kier alpha value is -2.20. The third kappa shape index (κ3) is 3.27. The molecule has 2 rings (SSSR count). The Labute approximate surface area is 132 Å². The molecule has 0 saturated carbocycles. The molecule has 1 aromatic carbocycles. The van der Waals surface area contributed by atoms with E-state index in [0.717, 1.165) is 10.4 Å². The number of nitrogens with zero attached hydrogens (tertiary/aromatic N) is 2. The van der Waals surface area contributed by atoms with Crippen molar-refractivity contribution in [1.29, 1.82) is 0 Å². The molecule has 1 heterocycles. The number of carboxylic acid groups (broad SMARTS) is 1. The van der Waals surface area contributed by atoms with Crippen molar-refractivity contribution in [3.05, 3.63) is 28.3 Å². The van der Waals surface area contributed by atoms with E-state index < -0.39 is 32.6 Å². The number of rotatable bonds is 5. The molecule has 1 N–H and O–H groups in total. The van der Waals surface area contributed by atoms with Crippen LogP contribution in [0.1, 0.15) is 19.3 Å². The van der Waals surface area contributed by atoms with Gasteiger partial charge in [-0.05, 0) is 31.4 Å². The standard InChI is InChI=1S/C13H16N2O7S/c1-22-12-6-5-9(8-11(12)15(18)19)23(20,21)14-7-3-2-4-10(14)13(16)17/h5-6,8,10H,2-4,7H2,1H3,(H,16,17)/t10-/m0/s1. The van der Waals surface area contributed by atoms with E-state index in [4.69, 9.17) is 4.74 Å². The minimum atomic E-state index is -4.14. The van der Waals surface area contributed by atoms with Crippen LogP contribution in [0.25, 0.3) is 0 Å². The van der Waals surface area contributed by atoms with Gasteiger partial charge < -0.3 is 9.84 Å². The van der Waals surface area contributed by atoms with Gasteiger partial charge in [0.05, 0.1) is 16.9 Å². The van der Waals surface area contributed by atoms with Crippen molar-refractivity contribution >= 4 is 21.7 Å². The van der Waals surface area contributed by atoms with Gasteiger partial charge in [-0.2, -0.15) is 4.31 Å². The highest BCUT2D eigenvalue weighted by Gasteiger charge is 2.38. The second kappa shape index (κ2) is 6.50. The van der Waals surface area contributed by atoms with Gasteiger partial charge in [-0.15, -0.1) is 0 Å². The van der Waals surface area contributed by atoms with E-state index in [1.54, 1.807) is 0 Å². The molecule has 126 valence electrons.